The van der Waals surface area contributed by atoms with Crippen LogP contribution in [0.4, 0.5) is 0 Å². The SMILES string of the molecule is CC(C)NC(N)=NCc1ccc(S(C)(=O)=O)cc1. The Bertz CT molecular complexity index is 519. The van der Waals surface area contributed by atoms with E-state index in [0.717, 1.165) is 5.56 Å². The molecule has 0 amide bonds. The maximum Gasteiger partial charge on any atom is 0.189 e. The van der Waals surface area contributed by atoms with E-state index >= 15 is 0 Å². The van der Waals surface area contributed by atoms with Crippen molar-refractivity contribution in [2.45, 2.75) is 31.3 Å². The number of sulfone groups is 1. The standard InChI is InChI=1S/C12H19N3O2S/c1-9(2)15-12(13)14-8-10-4-6-11(7-5-10)18(3,16)17/h4-7,9H,8H2,1-3H3,(H3,13,14,15). The second kappa shape index (κ2) is 5.86. The van der Waals surface area contributed by atoms with Crippen LogP contribution in [-0.4, -0.2) is 26.7 Å². The molecule has 3 N–H and O–H groups in total. The summed E-state index contributed by atoms with van der Waals surface area (Å²) in [7, 11) is -3.14. The molecule has 100 valence electrons. The summed E-state index contributed by atoms with van der Waals surface area (Å²) in [5, 5.41) is 2.98. The largest absolute Gasteiger partial charge is 0.370 e. The number of nitrogens with two attached hydrogens (primary N) is 1. The monoisotopic (exact) mass is 269 g/mol. The van der Waals surface area contributed by atoms with Crippen LogP contribution >= 0.6 is 0 Å². The first-order valence-electron chi connectivity index (χ1n) is 5.64. The molecule has 0 atom stereocenters. The van der Waals surface area contributed by atoms with Crippen molar-refractivity contribution >= 4 is 15.8 Å². The molecule has 0 bridgehead atoms. The summed E-state index contributed by atoms with van der Waals surface area (Å²) >= 11 is 0. The van der Waals surface area contributed by atoms with Crippen LogP contribution in [0.3, 0.4) is 0 Å². The molecule has 5 nitrogen and oxygen atoms in total. The third-order valence-electron chi connectivity index (χ3n) is 2.22. The summed E-state index contributed by atoms with van der Waals surface area (Å²) in [6, 6.07) is 6.87. The summed E-state index contributed by atoms with van der Waals surface area (Å²) in [4.78, 5) is 4.47. The summed E-state index contributed by atoms with van der Waals surface area (Å²) < 4.78 is 22.5. The molecule has 0 radical (unpaired) electrons. The zero-order chi connectivity index (χ0) is 13.8. The van der Waals surface area contributed by atoms with Crippen LogP contribution in [0.25, 0.3) is 0 Å². The van der Waals surface area contributed by atoms with Crippen molar-refractivity contribution in [1.82, 2.24) is 5.32 Å². The molecule has 0 fully saturated rings. The number of rotatable bonds is 4. The van der Waals surface area contributed by atoms with E-state index in [-0.39, 0.29) is 6.04 Å². The molecular formula is C12H19N3O2S. The molecule has 18 heavy (non-hydrogen) atoms. The predicted octanol–water partition coefficient (Wildman–Crippen LogP) is 0.903. The van der Waals surface area contributed by atoms with Gasteiger partial charge in [0.15, 0.2) is 15.8 Å². The van der Waals surface area contributed by atoms with Gasteiger partial charge in [-0.05, 0) is 31.5 Å². The second-order valence-electron chi connectivity index (χ2n) is 4.42. The molecule has 6 heteroatoms. The van der Waals surface area contributed by atoms with E-state index in [1.165, 1.54) is 6.26 Å². The Balaban J connectivity index is 2.70. The van der Waals surface area contributed by atoms with Gasteiger partial charge in [0.1, 0.15) is 0 Å². The highest BCUT2D eigenvalue weighted by atomic mass is 32.2. The van der Waals surface area contributed by atoms with Crippen molar-refractivity contribution in [2.24, 2.45) is 10.7 Å². The van der Waals surface area contributed by atoms with E-state index in [1.54, 1.807) is 24.3 Å². The fourth-order valence-electron chi connectivity index (χ4n) is 1.36. The molecule has 1 aromatic carbocycles. The quantitative estimate of drug-likeness (QED) is 0.628. The lowest BCUT2D eigenvalue weighted by Gasteiger charge is -2.08. The van der Waals surface area contributed by atoms with E-state index < -0.39 is 9.84 Å². The zero-order valence-corrected chi connectivity index (χ0v) is 11.7. The summed E-state index contributed by atoms with van der Waals surface area (Å²) in [5.41, 5.74) is 6.58. The maximum absolute atomic E-state index is 11.3. The lowest BCUT2D eigenvalue weighted by molar-refractivity contribution is 0.602. The Morgan fingerprint density at radius 3 is 2.33 bits per heavy atom. The first-order valence-corrected chi connectivity index (χ1v) is 7.53. The minimum atomic E-state index is -3.14. The van der Waals surface area contributed by atoms with Gasteiger partial charge >= 0.3 is 0 Å². The Labute approximate surface area is 108 Å². The van der Waals surface area contributed by atoms with Crippen LogP contribution in [0, 0.1) is 0 Å². The van der Waals surface area contributed by atoms with Crippen molar-refractivity contribution in [3.05, 3.63) is 29.8 Å². The molecule has 1 aromatic rings. The van der Waals surface area contributed by atoms with E-state index in [1.807, 2.05) is 13.8 Å². The topological polar surface area (TPSA) is 84.5 Å². The summed E-state index contributed by atoms with van der Waals surface area (Å²) in [5.74, 6) is 0.386. The van der Waals surface area contributed by atoms with E-state index in [2.05, 4.69) is 10.3 Å². The summed E-state index contributed by atoms with van der Waals surface area (Å²) in [6.07, 6.45) is 1.19. The third-order valence-corrected chi connectivity index (χ3v) is 3.35. The molecule has 0 saturated carbocycles. The minimum absolute atomic E-state index is 0.237. The number of aliphatic imine (C=N–C) groups is 1. The molecule has 0 saturated heterocycles. The average Bonchev–Trinajstić information content (AvgIpc) is 2.25. The normalized spacial score (nSPS) is 12.8. The van der Waals surface area contributed by atoms with Crippen molar-refractivity contribution in [1.29, 1.82) is 0 Å². The third kappa shape index (κ3) is 4.75. The fraction of sp³-hybridized carbons (Fsp3) is 0.417. The number of nitrogens with one attached hydrogen (secondary N) is 1. The Morgan fingerprint density at radius 2 is 1.89 bits per heavy atom. The Morgan fingerprint density at radius 1 is 1.33 bits per heavy atom. The first kappa shape index (κ1) is 14.5. The van der Waals surface area contributed by atoms with Crippen LogP contribution in [0.2, 0.25) is 0 Å². The molecule has 0 heterocycles. The number of nitrogens with zero attached hydrogens (tertiary/aromatic N) is 1. The van der Waals surface area contributed by atoms with E-state index in [0.29, 0.717) is 17.4 Å². The molecule has 0 aliphatic rings. The number of guanidine groups is 1. The highest BCUT2D eigenvalue weighted by Crippen LogP contribution is 2.10. The fourth-order valence-corrected chi connectivity index (χ4v) is 1.99. The van der Waals surface area contributed by atoms with Gasteiger partial charge in [-0.1, -0.05) is 12.1 Å². The van der Waals surface area contributed by atoms with Gasteiger partial charge in [0.05, 0.1) is 11.4 Å². The first-order chi connectivity index (χ1) is 8.29. The Hall–Kier alpha value is -1.56. The lowest BCUT2D eigenvalue weighted by atomic mass is 10.2. The molecule has 0 spiro atoms. The second-order valence-corrected chi connectivity index (χ2v) is 6.43. The van der Waals surface area contributed by atoms with Crippen molar-refractivity contribution in [3.8, 4) is 0 Å². The van der Waals surface area contributed by atoms with Gasteiger partial charge < -0.3 is 11.1 Å². The maximum atomic E-state index is 11.3. The molecule has 1 rings (SSSR count). The molecule has 0 aliphatic carbocycles. The van der Waals surface area contributed by atoms with Gasteiger partial charge in [-0.15, -0.1) is 0 Å². The average molecular weight is 269 g/mol. The smallest absolute Gasteiger partial charge is 0.189 e. The van der Waals surface area contributed by atoms with E-state index in [4.69, 9.17) is 5.73 Å². The highest BCUT2D eigenvalue weighted by Gasteiger charge is 2.05. The molecule has 0 aromatic heterocycles. The van der Waals surface area contributed by atoms with Gasteiger partial charge in [0, 0.05) is 12.3 Å². The van der Waals surface area contributed by atoms with Gasteiger partial charge in [-0.2, -0.15) is 0 Å². The molecule has 0 aliphatic heterocycles. The van der Waals surface area contributed by atoms with Crippen LogP contribution < -0.4 is 11.1 Å². The predicted molar refractivity (Wildman–Crippen MR) is 73.1 cm³/mol. The molecule has 0 unspecified atom stereocenters. The van der Waals surface area contributed by atoms with Crippen molar-refractivity contribution < 1.29 is 8.42 Å². The number of benzene rings is 1. The number of hydrogen-bond donors (Lipinski definition) is 2. The minimum Gasteiger partial charge on any atom is -0.370 e. The highest BCUT2D eigenvalue weighted by molar-refractivity contribution is 7.90. The van der Waals surface area contributed by atoms with Crippen LogP contribution in [0.15, 0.2) is 34.2 Å². The van der Waals surface area contributed by atoms with Crippen molar-refractivity contribution in [2.75, 3.05) is 6.26 Å². The zero-order valence-electron chi connectivity index (χ0n) is 10.8. The van der Waals surface area contributed by atoms with Gasteiger partial charge in [0.2, 0.25) is 0 Å². The lowest BCUT2D eigenvalue weighted by Crippen LogP contribution is -2.36. The Kier molecular flexibility index (Phi) is 4.72. The van der Waals surface area contributed by atoms with Crippen LogP contribution in [-0.2, 0) is 16.4 Å². The van der Waals surface area contributed by atoms with Gasteiger partial charge in [0.25, 0.3) is 0 Å². The van der Waals surface area contributed by atoms with Crippen molar-refractivity contribution in [3.63, 3.8) is 0 Å². The van der Waals surface area contributed by atoms with Gasteiger partial charge in [-0.25, -0.2) is 13.4 Å². The van der Waals surface area contributed by atoms with E-state index in [9.17, 15) is 8.42 Å². The number of hydrogen-bond acceptors (Lipinski definition) is 3. The van der Waals surface area contributed by atoms with Crippen LogP contribution in [0.1, 0.15) is 19.4 Å². The van der Waals surface area contributed by atoms with Crippen LogP contribution in [0.5, 0.6) is 0 Å². The molecular weight excluding hydrogens is 250 g/mol. The summed E-state index contributed by atoms with van der Waals surface area (Å²) in [6.45, 7) is 4.38. The van der Waals surface area contributed by atoms with Gasteiger partial charge in [-0.3, -0.25) is 0 Å².